The largest absolute Gasteiger partial charge is 0.481 e. The van der Waals surface area contributed by atoms with Crippen LogP contribution < -0.4 is 5.32 Å². The van der Waals surface area contributed by atoms with E-state index >= 15 is 0 Å². The third-order valence-corrected chi connectivity index (χ3v) is 2.36. The molecule has 2 N–H and O–H groups in total. The van der Waals surface area contributed by atoms with Gasteiger partial charge in [-0.2, -0.15) is 0 Å². The predicted octanol–water partition coefficient (Wildman–Crippen LogP) is 1.13. The number of hydrogen-bond acceptors (Lipinski definition) is 2. The minimum absolute atomic E-state index is 0.0797. The highest BCUT2D eigenvalue weighted by atomic mass is 16.4. The van der Waals surface area contributed by atoms with Gasteiger partial charge in [-0.15, -0.1) is 0 Å². The fourth-order valence-corrected chi connectivity index (χ4v) is 1.38. The summed E-state index contributed by atoms with van der Waals surface area (Å²) in [6.45, 7) is 0.0797. The van der Waals surface area contributed by atoms with Crippen molar-refractivity contribution in [3.05, 3.63) is 35.9 Å². The number of amides is 2. The second-order valence-electron chi connectivity index (χ2n) is 3.88. The molecule has 0 radical (unpaired) electrons. The molecule has 1 aromatic rings. The van der Waals surface area contributed by atoms with Crippen molar-refractivity contribution < 1.29 is 14.7 Å². The monoisotopic (exact) mass is 236 g/mol. The lowest BCUT2D eigenvalue weighted by molar-refractivity contribution is -0.138. The fourth-order valence-electron chi connectivity index (χ4n) is 1.38. The second-order valence-corrected chi connectivity index (χ2v) is 3.88. The lowest BCUT2D eigenvalue weighted by Gasteiger charge is -2.16. The van der Waals surface area contributed by atoms with Gasteiger partial charge in [0, 0.05) is 20.6 Å². The van der Waals surface area contributed by atoms with Crippen LogP contribution in [0.1, 0.15) is 11.5 Å². The third-order valence-electron chi connectivity index (χ3n) is 2.36. The molecule has 5 heteroatoms. The van der Waals surface area contributed by atoms with Crippen molar-refractivity contribution in [1.29, 1.82) is 0 Å². The summed E-state index contributed by atoms with van der Waals surface area (Å²) in [7, 11) is 3.21. The SMILES string of the molecule is CN(C)C(=O)NCC(C(=O)O)c1ccccc1. The van der Waals surface area contributed by atoms with E-state index in [9.17, 15) is 9.59 Å². The number of benzene rings is 1. The van der Waals surface area contributed by atoms with Crippen molar-refractivity contribution in [2.45, 2.75) is 5.92 Å². The number of rotatable bonds is 4. The molecule has 0 bridgehead atoms. The molecule has 5 nitrogen and oxygen atoms in total. The number of carbonyl (C=O) groups is 2. The minimum atomic E-state index is -0.949. The third kappa shape index (κ3) is 3.79. The Morgan fingerprint density at radius 3 is 2.35 bits per heavy atom. The Balaban J connectivity index is 2.69. The van der Waals surface area contributed by atoms with Crippen LogP contribution in [0.25, 0.3) is 0 Å². The average Bonchev–Trinajstić information content (AvgIpc) is 2.29. The number of carbonyl (C=O) groups excluding carboxylic acids is 1. The van der Waals surface area contributed by atoms with Gasteiger partial charge in [0.2, 0.25) is 0 Å². The van der Waals surface area contributed by atoms with E-state index in [0.29, 0.717) is 5.56 Å². The molecular weight excluding hydrogens is 220 g/mol. The zero-order valence-corrected chi connectivity index (χ0v) is 9.88. The fraction of sp³-hybridized carbons (Fsp3) is 0.333. The van der Waals surface area contributed by atoms with Crippen molar-refractivity contribution in [1.82, 2.24) is 10.2 Å². The van der Waals surface area contributed by atoms with E-state index in [2.05, 4.69) is 5.32 Å². The van der Waals surface area contributed by atoms with Gasteiger partial charge in [0.15, 0.2) is 0 Å². The van der Waals surface area contributed by atoms with Gasteiger partial charge in [-0.25, -0.2) is 4.79 Å². The van der Waals surface area contributed by atoms with E-state index in [-0.39, 0.29) is 12.6 Å². The molecule has 17 heavy (non-hydrogen) atoms. The molecule has 2 amide bonds. The van der Waals surface area contributed by atoms with Crippen molar-refractivity contribution in [2.24, 2.45) is 0 Å². The quantitative estimate of drug-likeness (QED) is 0.823. The smallest absolute Gasteiger partial charge is 0.316 e. The number of aliphatic carboxylic acids is 1. The second kappa shape index (κ2) is 5.89. The number of hydrogen-bond donors (Lipinski definition) is 2. The molecule has 1 atom stereocenters. The molecule has 0 heterocycles. The van der Waals surface area contributed by atoms with Crippen molar-refractivity contribution in [3.63, 3.8) is 0 Å². The number of carboxylic acids is 1. The summed E-state index contributed by atoms with van der Waals surface area (Å²) in [6.07, 6.45) is 0. The Morgan fingerprint density at radius 1 is 1.29 bits per heavy atom. The van der Waals surface area contributed by atoms with Crippen LogP contribution in [0.15, 0.2) is 30.3 Å². The summed E-state index contributed by atoms with van der Waals surface area (Å²) in [5.41, 5.74) is 0.680. The highest BCUT2D eigenvalue weighted by Gasteiger charge is 2.20. The summed E-state index contributed by atoms with van der Waals surface area (Å²) < 4.78 is 0. The first-order valence-electron chi connectivity index (χ1n) is 5.25. The van der Waals surface area contributed by atoms with Crippen molar-refractivity contribution >= 4 is 12.0 Å². The van der Waals surface area contributed by atoms with E-state index in [0.717, 1.165) is 0 Å². The first-order chi connectivity index (χ1) is 8.02. The van der Waals surface area contributed by atoms with E-state index in [1.165, 1.54) is 4.90 Å². The summed E-state index contributed by atoms with van der Waals surface area (Å²) >= 11 is 0. The molecule has 0 aliphatic carbocycles. The van der Waals surface area contributed by atoms with Crippen LogP contribution in [0.3, 0.4) is 0 Å². The zero-order valence-electron chi connectivity index (χ0n) is 9.88. The van der Waals surface area contributed by atoms with Crippen molar-refractivity contribution in [2.75, 3.05) is 20.6 Å². The molecule has 1 rings (SSSR count). The van der Waals surface area contributed by atoms with Gasteiger partial charge in [-0.1, -0.05) is 30.3 Å². The van der Waals surface area contributed by atoms with Gasteiger partial charge in [0.25, 0.3) is 0 Å². The molecular formula is C12H16N2O3. The summed E-state index contributed by atoms with van der Waals surface area (Å²) in [5.74, 6) is -1.67. The number of nitrogens with zero attached hydrogens (tertiary/aromatic N) is 1. The Hall–Kier alpha value is -2.04. The summed E-state index contributed by atoms with van der Waals surface area (Å²) in [6, 6.07) is 8.55. The van der Waals surface area contributed by atoms with Crippen LogP contribution in [0.5, 0.6) is 0 Å². The highest BCUT2D eigenvalue weighted by molar-refractivity contribution is 5.78. The summed E-state index contributed by atoms with van der Waals surface area (Å²) in [4.78, 5) is 23.8. The van der Waals surface area contributed by atoms with Crippen LogP contribution in [0.2, 0.25) is 0 Å². The van der Waals surface area contributed by atoms with E-state index in [4.69, 9.17) is 5.11 Å². The summed E-state index contributed by atoms with van der Waals surface area (Å²) in [5, 5.41) is 11.7. The molecule has 0 fully saturated rings. The maximum absolute atomic E-state index is 11.3. The van der Waals surface area contributed by atoms with Gasteiger partial charge in [0.05, 0.1) is 5.92 Å². The lowest BCUT2D eigenvalue weighted by Crippen LogP contribution is -2.38. The van der Waals surface area contributed by atoms with E-state index in [1.54, 1.807) is 38.4 Å². The van der Waals surface area contributed by atoms with Crippen LogP contribution in [-0.4, -0.2) is 42.6 Å². The normalized spacial score (nSPS) is 11.6. The highest BCUT2D eigenvalue weighted by Crippen LogP contribution is 2.14. The Bertz CT molecular complexity index is 390. The molecule has 0 saturated carbocycles. The molecule has 92 valence electrons. The van der Waals surface area contributed by atoms with Gasteiger partial charge < -0.3 is 15.3 Å². The first kappa shape index (κ1) is 13.0. The average molecular weight is 236 g/mol. The molecule has 1 aromatic carbocycles. The minimum Gasteiger partial charge on any atom is -0.481 e. The zero-order chi connectivity index (χ0) is 12.8. The van der Waals surface area contributed by atoms with Crippen LogP contribution >= 0.6 is 0 Å². The Kier molecular flexibility index (Phi) is 4.51. The van der Waals surface area contributed by atoms with Gasteiger partial charge >= 0.3 is 12.0 Å². The van der Waals surface area contributed by atoms with Crippen LogP contribution in [0, 0.1) is 0 Å². The predicted molar refractivity (Wildman–Crippen MR) is 63.9 cm³/mol. The maximum Gasteiger partial charge on any atom is 0.316 e. The Morgan fingerprint density at radius 2 is 1.88 bits per heavy atom. The van der Waals surface area contributed by atoms with Crippen LogP contribution in [-0.2, 0) is 4.79 Å². The number of nitrogens with one attached hydrogen (secondary N) is 1. The lowest BCUT2D eigenvalue weighted by atomic mass is 9.99. The van der Waals surface area contributed by atoms with Crippen LogP contribution in [0.4, 0.5) is 4.79 Å². The standard InChI is InChI=1S/C12H16N2O3/c1-14(2)12(17)13-8-10(11(15)16)9-6-4-3-5-7-9/h3-7,10H,8H2,1-2H3,(H,13,17)(H,15,16). The maximum atomic E-state index is 11.3. The topological polar surface area (TPSA) is 69.6 Å². The Labute approximate surface area is 100 Å². The molecule has 1 unspecified atom stereocenters. The molecule has 0 aromatic heterocycles. The van der Waals surface area contributed by atoms with Gasteiger partial charge in [-0.05, 0) is 5.56 Å². The number of urea groups is 1. The first-order valence-corrected chi connectivity index (χ1v) is 5.25. The molecule has 0 spiro atoms. The van der Waals surface area contributed by atoms with Crippen molar-refractivity contribution in [3.8, 4) is 0 Å². The number of carboxylic acid groups (broad SMARTS) is 1. The molecule has 0 aliphatic heterocycles. The van der Waals surface area contributed by atoms with E-state index in [1.807, 2.05) is 6.07 Å². The molecule has 0 saturated heterocycles. The van der Waals surface area contributed by atoms with E-state index < -0.39 is 11.9 Å². The van der Waals surface area contributed by atoms with Gasteiger partial charge in [0.1, 0.15) is 0 Å². The van der Waals surface area contributed by atoms with Gasteiger partial charge in [-0.3, -0.25) is 4.79 Å². The molecule has 0 aliphatic rings.